The van der Waals surface area contributed by atoms with Crippen molar-refractivity contribution in [3.05, 3.63) is 70.9 Å². The topological polar surface area (TPSA) is 74.2 Å². The number of ketones is 1. The van der Waals surface area contributed by atoms with Crippen molar-refractivity contribution in [1.82, 2.24) is 0 Å². The molecule has 0 radical (unpaired) electrons. The number of fused-ring (bicyclic) bond motifs is 1. The van der Waals surface area contributed by atoms with Crippen molar-refractivity contribution < 1.29 is 23.8 Å². The maximum absolute atomic E-state index is 13.7. The molecule has 184 valence electrons. The average molecular weight is 476 g/mol. The molecule has 35 heavy (non-hydrogen) atoms. The van der Waals surface area contributed by atoms with Crippen LogP contribution >= 0.6 is 0 Å². The van der Waals surface area contributed by atoms with Crippen molar-refractivity contribution in [2.24, 2.45) is 10.9 Å². The second kappa shape index (κ2) is 10.5. The standard InChI is InChI=1S/C29H33NO5/c1-6-34-24-13-12-20(16-25(24)33-5)27-26(29(32)35-17(2)3)18(4)30-22-14-21(15-23(31)28(22)27)19-10-8-7-9-11-19/h7-13,16-17,21,27-28H,6,14-15H2,1-5H3/t21-,27-,28?/m0/s1. The lowest BCUT2D eigenvalue weighted by molar-refractivity contribution is -0.143. The molecule has 3 atom stereocenters. The highest BCUT2D eigenvalue weighted by atomic mass is 16.5. The SMILES string of the molecule is CCOc1ccc([C@H]2C(C(=O)OC(C)C)=C(C)N=C3C[C@H](c4ccccc4)CC(=O)C32)cc1OC. The quantitative estimate of drug-likeness (QED) is 0.486. The van der Waals surface area contributed by atoms with Gasteiger partial charge in [0.2, 0.25) is 0 Å². The van der Waals surface area contributed by atoms with Gasteiger partial charge >= 0.3 is 5.97 Å². The predicted molar refractivity (Wildman–Crippen MR) is 135 cm³/mol. The first-order valence-corrected chi connectivity index (χ1v) is 12.2. The summed E-state index contributed by atoms with van der Waals surface area (Å²) in [7, 11) is 1.58. The monoisotopic (exact) mass is 475 g/mol. The summed E-state index contributed by atoms with van der Waals surface area (Å²) >= 11 is 0. The van der Waals surface area contributed by atoms with Gasteiger partial charge in [-0.25, -0.2) is 4.79 Å². The first-order valence-electron chi connectivity index (χ1n) is 12.2. The molecule has 1 unspecified atom stereocenters. The van der Waals surface area contributed by atoms with Gasteiger partial charge in [-0.1, -0.05) is 36.4 Å². The summed E-state index contributed by atoms with van der Waals surface area (Å²) in [5.41, 5.74) is 3.80. The number of carbonyl (C=O) groups excluding carboxylic acids is 2. The summed E-state index contributed by atoms with van der Waals surface area (Å²) in [4.78, 5) is 31.8. The van der Waals surface area contributed by atoms with Gasteiger partial charge in [-0.05, 0) is 63.3 Å². The molecule has 2 aliphatic rings. The van der Waals surface area contributed by atoms with Crippen LogP contribution in [0.2, 0.25) is 0 Å². The highest BCUT2D eigenvalue weighted by Crippen LogP contribution is 2.47. The number of Topliss-reactive ketones (excluding diaryl/α,β-unsaturated/α-hetero) is 1. The molecule has 0 spiro atoms. The summed E-state index contributed by atoms with van der Waals surface area (Å²) < 4.78 is 16.9. The van der Waals surface area contributed by atoms with E-state index in [9.17, 15) is 9.59 Å². The van der Waals surface area contributed by atoms with E-state index < -0.39 is 17.8 Å². The van der Waals surface area contributed by atoms with E-state index >= 15 is 0 Å². The van der Waals surface area contributed by atoms with Gasteiger partial charge < -0.3 is 14.2 Å². The summed E-state index contributed by atoms with van der Waals surface area (Å²) in [6, 6.07) is 15.7. The molecule has 0 bridgehead atoms. The molecule has 1 saturated carbocycles. The Kier molecular flexibility index (Phi) is 7.39. The Labute approximate surface area is 207 Å². The van der Waals surface area contributed by atoms with Crippen molar-refractivity contribution in [2.75, 3.05) is 13.7 Å². The van der Waals surface area contributed by atoms with Crippen LogP contribution in [0.15, 0.2) is 64.8 Å². The van der Waals surface area contributed by atoms with E-state index in [-0.39, 0.29) is 17.8 Å². The molecule has 0 aromatic heterocycles. The van der Waals surface area contributed by atoms with Gasteiger partial charge in [-0.2, -0.15) is 0 Å². The zero-order chi connectivity index (χ0) is 25.1. The fourth-order valence-electron chi connectivity index (χ4n) is 5.19. The molecule has 1 heterocycles. The molecule has 0 amide bonds. The summed E-state index contributed by atoms with van der Waals surface area (Å²) in [6.45, 7) is 7.87. The van der Waals surface area contributed by atoms with E-state index in [2.05, 4.69) is 12.1 Å². The van der Waals surface area contributed by atoms with Gasteiger partial charge in [-0.15, -0.1) is 0 Å². The number of esters is 1. The van der Waals surface area contributed by atoms with Crippen molar-refractivity contribution in [1.29, 1.82) is 0 Å². The van der Waals surface area contributed by atoms with Gasteiger partial charge in [0.1, 0.15) is 5.78 Å². The molecule has 2 aromatic carbocycles. The summed E-state index contributed by atoms with van der Waals surface area (Å²) in [6.07, 6.45) is 0.798. The normalized spacial score (nSPS) is 21.9. The minimum atomic E-state index is -0.518. The highest BCUT2D eigenvalue weighted by Gasteiger charge is 2.46. The van der Waals surface area contributed by atoms with Crippen LogP contribution in [0.3, 0.4) is 0 Å². The Morgan fingerprint density at radius 2 is 1.77 bits per heavy atom. The van der Waals surface area contributed by atoms with Gasteiger partial charge in [0.05, 0.1) is 31.3 Å². The van der Waals surface area contributed by atoms with E-state index in [0.717, 1.165) is 16.8 Å². The molecule has 1 fully saturated rings. The van der Waals surface area contributed by atoms with Crippen LogP contribution in [-0.4, -0.2) is 37.3 Å². The number of hydrogen-bond acceptors (Lipinski definition) is 6. The molecule has 6 heteroatoms. The van der Waals surface area contributed by atoms with E-state index in [1.807, 2.05) is 64.1 Å². The van der Waals surface area contributed by atoms with Gasteiger partial charge in [0.15, 0.2) is 11.5 Å². The molecule has 4 rings (SSSR count). The van der Waals surface area contributed by atoms with Crippen molar-refractivity contribution in [3.8, 4) is 11.5 Å². The number of nitrogens with zero attached hydrogens (tertiary/aromatic N) is 1. The zero-order valence-corrected chi connectivity index (χ0v) is 21.0. The molecule has 1 aliphatic carbocycles. The Bertz CT molecular complexity index is 1160. The number of methoxy groups -OCH3 is 1. The number of rotatable bonds is 7. The molecule has 6 nitrogen and oxygen atoms in total. The maximum atomic E-state index is 13.7. The van der Waals surface area contributed by atoms with Crippen molar-refractivity contribution in [2.45, 2.75) is 58.5 Å². The van der Waals surface area contributed by atoms with Crippen LogP contribution in [0.5, 0.6) is 11.5 Å². The van der Waals surface area contributed by atoms with Crippen LogP contribution in [0.1, 0.15) is 63.5 Å². The number of carbonyl (C=O) groups is 2. The third-order valence-electron chi connectivity index (χ3n) is 6.63. The van der Waals surface area contributed by atoms with E-state index in [0.29, 0.717) is 42.2 Å². The van der Waals surface area contributed by atoms with E-state index in [1.165, 1.54) is 0 Å². The van der Waals surface area contributed by atoms with Crippen molar-refractivity contribution >= 4 is 17.5 Å². The second-order valence-electron chi connectivity index (χ2n) is 9.34. The second-order valence-corrected chi connectivity index (χ2v) is 9.34. The number of hydrogen-bond donors (Lipinski definition) is 0. The van der Waals surface area contributed by atoms with Gasteiger partial charge in [0, 0.05) is 23.7 Å². The minimum absolute atomic E-state index is 0.0752. The highest BCUT2D eigenvalue weighted by molar-refractivity contribution is 6.12. The number of benzene rings is 2. The molecule has 1 aliphatic heterocycles. The molecular formula is C29H33NO5. The van der Waals surface area contributed by atoms with Crippen LogP contribution in [0.4, 0.5) is 0 Å². The Morgan fingerprint density at radius 1 is 1.03 bits per heavy atom. The van der Waals surface area contributed by atoms with Gasteiger partial charge in [0.25, 0.3) is 0 Å². The maximum Gasteiger partial charge on any atom is 0.336 e. The summed E-state index contributed by atoms with van der Waals surface area (Å²) in [5, 5.41) is 0. The Morgan fingerprint density at radius 3 is 2.43 bits per heavy atom. The largest absolute Gasteiger partial charge is 0.493 e. The van der Waals surface area contributed by atoms with Crippen LogP contribution < -0.4 is 9.47 Å². The first-order chi connectivity index (χ1) is 16.8. The fraction of sp³-hybridized carbons (Fsp3) is 0.414. The lowest BCUT2D eigenvalue weighted by Crippen LogP contribution is -2.41. The molecule has 0 saturated heterocycles. The van der Waals surface area contributed by atoms with Crippen LogP contribution in [0, 0.1) is 5.92 Å². The smallest absolute Gasteiger partial charge is 0.336 e. The number of aliphatic imine (C=N–C) groups is 1. The molecule has 0 N–H and O–H groups in total. The molecular weight excluding hydrogens is 442 g/mol. The predicted octanol–water partition coefficient (Wildman–Crippen LogP) is 5.62. The third kappa shape index (κ3) is 5.02. The van der Waals surface area contributed by atoms with Gasteiger partial charge in [-0.3, -0.25) is 9.79 Å². The Balaban J connectivity index is 1.81. The third-order valence-corrected chi connectivity index (χ3v) is 6.63. The minimum Gasteiger partial charge on any atom is -0.493 e. The lowest BCUT2D eigenvalue weighted by atomic mass is 9.66. The Hall–Kier alpha value is -3.41. The lowest BCUT2D eigenvalue weighted by Gasteiger charge is -2.38. The van der Waals surface area contributed by atoms with E-state index in [4.69, 9.17) is 19.2 Å². The average Bonchev–Trinajstić information content (AvgIpc) is 2.83. The first kappa shape index (κ1) is 24.7. The number of ether oxygens (including phenoxy) is 3. The molecule has 2 aromatic rings. The van der Waals surface area contributed by atoms with E-state index in [1.54, 1.807) is 7.11 Å². The van der Waals surface area contributed by atoms with Crippen LogP contribution in [0.25, 0.3) is 0 Å². The van der Waals surface area contributed by atoms with Crippen molar-refractivity contribution in [3.63, 3.8) is 0 Å². The summed E-state index contributed by atoms with van der Waals surface area (Å²) in [5.74, 6) is -0.104. The fourth-order valence-corrected chi connectivity index (χ4v) is 5.19. The van der Waals surface area contributed by atoms with Crippen LogP contribution in [-0.2, 0) is 14.3 Å². The number of allylic oxidation sites excluding steroid dienone is 1. The zero-order valence-electron chi connectivity index (χ0n) is 21.0.